The Labute approximate surface area is 231 Å². The van der Waals surface area contributed by atoms with Gasteiger partial charge in [-0.1, -0.05) is 29.0 Å². The minimum absolute atomic E-state index is 0.0916. The van der Waals surface area contributed by atoms with Crippen LogP contribution in [0.4, 0.5) is 36.0 Å². The van der Waals surface area contributed by atoms with Gasteiger partial charge < -0.3 is 15.4 Å². The van der Waals surface area contributed by atoms with Gasteiger partial charge in [-0.3, -0.25) is 9.80 Å². The van der Waals surface area contributed by atoms with E-state index in [2.05, 4.69) is 14.9 Å². The third kappa shape index (κ3) is 4.86. The van der Waals surface area contributed by atoms with E-state index in [4.69, 9.17) is 27.1 Å². The van der Waals surface area contributed by atoms with E-state index in [1.807, 2.05) is 0 Å². The lowest BCUT2D eigenvalue weighted by atomic mass is 10.1. The molecule has 0 atom stereocenters. The number of thiazole rings is 1. The minimum atomic E-state index is -0.579. The van der Waals surface area contributed by atoms with Crippen molar-refractivity contribution < 1.29 is 18.3 Å². The van der Waals surface area contributed by atoms with E-state index in [-0.39, 0.29) is 29.7 Å². The maximum Gasteiger partial charge on any atom is 0.329 e. The first-order chi connectivity index (χ1) is 18.9. The molecule has 0 unspecified atom stereocenters. The molecule has 0 saturated carbocycles. The zero-order valence-electron chi connectivity index (χ0n) is 20.5. The lowest BCUT2D eigenvalue weighted by Crippen LogP contribution is -2.36. The Bertz CT molecular complexity index is 1560. The van der Waals surface area contributed by atoms with E-state index in [9.17, 15) is 9.18 Å². The van der Waals surface area contributed by atoms with Crippen molar-refractivity contribution in [3.8, 4) is 21.8 Å². The van der Waals surface area contributed by atoms with Crippen molar-refractivity contribution in [3.63, 3.8) is 0 Å². The molecule has 0 bridgehead atoms. The lowest BCUT2D eigenvalue weighted by molar-refractivity contribution is 0.122. The highest BCUT2D eigenvalue weighted by Gasteiger charge is 2.33. The fourth-order valence-corrected chi connectivity index (χ4v) is 5.89. The molecule has 200 valence electrons. The van der Waals surface area contributed by atoms with Crippen LogP contribution in [0.3, 0.4) is 0 Å². The molecule has 2 aliphatic rings. The van der Waals surface area contributed by atoms with Gasteiger partial charge in [0.05, 0.1) is 34.5 Å². The topological polar surface area (TPSA) is 101 Å². The molecule has 2 aromatic carbocycles. The first-order valence-corrected chi connectivity index (χ1v) is 13.3. The zero-order valence-corrected chi connectivity index (χ0v) is 22.1. The zero-order chi connectivity index (χ0) is 27.1. The first-order valence-electron chi connectivity index (χ1n) is 12.2. The molecule has 2 aromatic heterocycles. The van der Waals surface area contributed by atoms with Crippen molar-refractivity contribution in [3.05, 3.63) is 65.3 Å². The van der Waals surface area contributed by atoms with E-state index < -0.39 is 17.7 Å². The van der Waals surface area contributed by atoms with Crippen LogP contribution in [0.5, 0.6) is 0 Å². The fraction of sp³-hybridized carbons (Fsp3) is 0.231. The van der Waals surface area contributed by atoms with Gasteiger partial charge in [0.25, 0.3) is 0 Å². The summed E-state index contributed by atoms with van der Waals surface area (Å²) in [5.41, 5.74) is 8.22. The number of aromatic nitrogens is 3. The first kappa shape index (κ1) is 25.4. The van der Waals surface area contributed by atoms with Gasteiger partial charge in [-0.25, -0.2) is 28.5 Å². The van der Waals surface area contributed by atoms with Crippen LogP contribution in [-0.4, -0.2) is 60.4 Å². The van der Waals surface area contributed by atoms with E-state index in [1.54, 1.807) is 24.4 Å². The number of anilines is 4. The molecule has 2 N–H and O–H groups in total. The summed E-state index contributed by atoms with van der Waals surface area (Å²) in [5, 5.41) is 0.689. The Morgan fingerprint density at radius 1 is 0.949 bits per heavy atom. The maximum absolute atomic E-state index is 15.2. The molecule has 4 heterocycles. The van der Waals surface area contributed by atoms with Crippen molar-refractivity contribution in [2.75, 3.05) is 59.8 Å². The summed E-state index contributed by atoms with van der Waals surface area (Å²) in [7, 11) is 0. The molecule has 0 spiro atoms. The summed E-state index contributed by atoms with van der Waals surface area (Å²) in [6.07, 6.45) is 1.56. The highest BCUT2D eigenvalue weighted by atomic mass is 35.5. The molecule has 2 saturated heterocycles. The maximum atomic E-state index is 15.2. The summed E-state index contributed by atoms with van der Waals surface area (Å²) in [6, 6.07) is 9.97. The average molecular weight is 570 g/mol. The Balaban J connectivity index is 1.38. The van der Waals surface area contributed by atoms with Crippen molar-refractivity contribution in [1.82, 2.24) is 15.0 Å². The van der Waals surface area contributed by atoms with Crippen LogP contribution < -0.4 is 20.4 Å². The van der Waals surface area contributed by atoms with Crippen LogP contribution in [0.2, 0.25) is 5.02 Å². The monoisotopic (exact) mass is 569 g/mol. The number of nitrogens with two attached hydrogens (primary N) is 1. The second kappa shape index (κ2) is 10.4. The van der Waals surface area contributed by atoms with Crippen LogP contribution >= 0.6 is 22.9 Å². The van der Waals surface area contributed by atoms with Crippen molar-refractivity contribution >= 4 is 51.4 Å². The molecule has 39 heavy (non-hydrogen) atoms. The quantitative estimate of drug-likeness (QED) is 0.358. The van der Waals surface area contributed by atoms with Gasteiger partial charge >= 0.3 is 6.03 Å². The molecule has 2 fully saturated rings. The molecular weight excluding hydrogens is 548 g/mol. The molecule has 0 aliphatic carbocycles. The summed E-state index contributed by atoms with van der Waals surface area (Å²) < 4.78 is 34.3. The van der Waals surface area contributed by atoms with Crippen molar-refractivity contribution in [1.29, 1.82) is 0 Å². The van der Waals surface area contributed by atoms with Crippen molar-refractivity contribution in [2.45, 2.75) is 0 Å². The SMILES string of the molecule is Nc1nccc(-c2nc(N3CCOCC3)sc2-c2ccc(F)c(N3CCN(c4ccc(F)c(Cl)c4)C3=O)c2)n1. The molecule has 13 heteroatoms. The smallest absolute Gasteiger partial charge is 0.329 e. The Morgan fingerprint density at radius 2 is 1.72 bits per heavy atom. The number of nitrogens with zero attached hydrogens (tertiary/aromatic N) is 6. The second-order valence-corrected chi connectivity index (χ2v) is 10.3. The molecule has 6 rings (SSSR count). The van der Waals surface area contributed by atoms with Gasteiger partial charge in [0.1, 0.15) is 17.3 Å². The lowest BCUT2D eigenvalue weighted by Gasteiger charge is -2.26. The van der Waals surface area contributed by atoms with Crippen LogP contribution in [0.1, 0.15) is 0 Å². The number of carbonyl (C=O) groups excluding carboxylic acids is 1. The molecule has 2 amide bonds. The van der Waals surface area contributed by atoms with Crippen LogP contribution in [0.15, 0.2) is 48.7 Å². The van der Waals surface area contributed by atoms with Crippen LogP contribution in [0.25, 0.3) is 21.8 Å². The van der Waals surface area contributed by atoms with E-state index in [1.165, 1.54) is 45.4 Å². The van der Waals surface area contributed by atoms with Gasteiger partial charge in [0.2, 0.25) is 5.95 Å². The largest absolute Gasteiger partial charge is 0.378 e. The predicted molar refractivity (Wildman–Crippen MR) is 147 cm³/mol. The second-order valence-electron chi connectivity index (χ2n) is 8.92. The number of rotatable bonds is 5. The predicted octanol–water partition coefficient (Wildman–Crippen LogP) is 5.06. The van der Waals surface area contributed by atoms with Crippen LogP contribution in [0, 0.1) is 11.6 Å². The summed E-state index contributed by atoms with van der Waals surface area (Å²) in [5.74, 6) is -1.01. The van der Waals surface area contributed by atoms with Gasteiger partial charge in [-0.2, -0.15) is 0 Å². The summed E-state index contributed by atoms with van der Waals surface area (Å²) >= 11 is 7.37. The number of nitrogen functional groups attached to an aromatic ring is 1. The molecule has 9 nitrogen and oxygen atoms in total. The van der Waals surface area contributed by atoms with Gasteiger partial charge in [-0.15, -0.1) is 0 Å². The average Bonchev–Trinajstić information content (AvgIpc) is 3.56. The Hall–Kier alpha value is -3.87. The highest BCUT2D eigenvalue weighted by molar-refractivity contribution is 7.19. The number of urea groups is 1. The Kier molecular flexibility index (Phi) is 6.75. The number of ether oxygens (including phenoxy) is 1. The normalized spacial score (nSPS) is 15.9. The third-order valence-corrected chi connectivity index (χ3v) is 7.99. The summed E-state index contributed by atoms with van der Waals surface area (Å²) in [6.45, 7) is 3.11. The fourth-order valence-electron chi connectivity index (χ4n) is 4.59. The van der Waals surface area contributed by atoms with Crippen LogP contribution in [-0.2, 0) is 4.74 Å². The van der Waals surface area contributed by atoms with Gasteiger partial charge in [-0.05, 0) is 42.0 Å². The molecule has 0 radical (unpaired) electrons. The number of hydrogen-bond donors (Lipinski definition) is 1. The number of benzene rings is 2. The minimum Gasteiger partial charge on any atom is -0.378 e. The van der Waals surface area contributed by atoms with Crippen molar-refractivity contribution in [2.24, 2.45) is 0 Å². The summed E-state index contributed by atoms with van der Waals surface area (Å²) in [4.78, 5) is 32.2. The van der Waals surface area contributed by atoms with E-state index in [0.717, 1.165) is 10.0 Å². The van der Waals surface area contributed by atoms with Gasteiger partial charge in [0, 0.05) is 38.1 Å². The Morgan fingerprint density at radius 3 is 2.49 bits per heavy atom. The standard InChI is InChI=1S/C26H22ClF2N7O2S/c27-17-14-16(2-4-18(17)28)35-7-8-36(26(35)37)21-13-15(1-3-19(21)29)23-22(20-5-6-31-24(30)32-20)33-25(39-23)34-9-11-38-12-10-34/h1-6,13-14H,7-12H2,(H2,30,31,32). The molecule has 2 aliphatic heterocycles. The highest BCUT2D eigenvalue weighted by Crippen LogP contribution is 2.42. The number of halogens is 3. The number of morpholine rings is 1. The third-order valence-electron chi connectivity index (χ3n) is 6.54. The van der Waals surface area contributed by atoms with E-state index in [0.29, 0.717) is 48.9 Å². The number of carbonyl (C=O) groups is 1. The molecular formula is C26H22ClF2N7O2S. The van der Waals surface area contributed by atoms with E-state index >= 15 is 4.39 Å². The number of hydrogen-bond acceptors (Lipinski definition) is 8. The number of amides is 2. The van der Waals surface area contributed by atoms with Gasteiger partial charge in [0.15, 0.2) is 5.13 Å². The molecule has 4 aromatic rings.